The molecule has 0 aromatic heterocycles. The number of carbonyl (C=O) groups excluding carboxylic acids is 1. The minimum Gasteiger partial charge on any atom is -0.339 e. The first-order valence-electron chi connectivity index (χ1n) is 6.66. The molecule has 0 aromatic carbocycles. The van der Waals surface area contributed by atoms with Crippen molar-refractivity contribution in [2.45, 2.75) is 57.4 Å². The van der Waals surface area contributed by atoms with E-state index in [2.05, 4.69) is 20.8 Å². The lowest BCUT2D eigenvalue weighted by Crippen LogP contribution is -2.45. The Morgan fingerprint density at radius 1 is 1.12 bits per heavy atom. The second kappa shape index (κ2) is 6.04. The Kier molecular flexibility index (Phi) is 4.68. The zero-order valence-electron chi connectivity index (χ0n) is 9.96. The number of piperidine rings is 1. The summed E-state index contributed by atoms with van der Waals surface area (Å²) in [5, 5.41) is 0.948. The highest BCUT2D eigenvalue weighted by Crippen LogP contribution is 2.29. The first-order chi connectivity index (χ1) is 7.81. The van der Waals surface area contributed by atoms with E-state index in [-0.39, 0.29) is 0 Å². The molecule has 0 aromatic rings. The summed E-state index contributed by atoms with van der Waals surface area (Å²) in [6, 6.07) is 0.461. The van der Waals surface area contributed by atoms with Crippen LogP contribution < -0.4 is 0 Å². The van der Waals surface area contributed by atoms with Gasteiger partial charge < -0.3 is 4.90 Å². The van der Waals surface area contributed by atoms with E-state index >= 15 is 0 Å². The van der Waals surface area contributed by atoms with Crippen molar-refractivity contribution < 1.29 is 4.79 Å². The Hall–Kier alpha value is -0.0500. The van der Waals surface area contributed by atoms with E-state index in [1.165, 1.54) is 44.9 Å². The Balaban J connectivity index is 1.86. The Labute approximate surface area is 107 Å². The van der Waals surface area contributed by atoms with Gasteiger partial charge in [0, 0.05) is 24.3 Å². The van der Waals surface area contributed by atoms with E-state index in [0.29, 0.717) is 17.9 Å². The number of rotatable bonds is 3. The summed E-state index contributed by atoms with van der Waals surface area (Å²) in [7, 11) is 0. The van der Waals surface area contributed by atoms with E-state index in [0.717, 1.165) is 18.3 Å². The van der Waals surface area contributed by atoms with Gasteiger partial charge in [-0.1, -0.05) is 28.8 Å². The molecule has 1 aliphatic heterocycles. The predicted molar refractivity (Wildman–Crippen MR) is 69.7 cm³/mol. The molecule has 1 saturated heterocycles. The number of amides is 1. The lowest BCUT2D eigenvalue weighted by atomic mass is 9.99. The second-order valence-electron chi connectivity index (χ2n) is 5.25. The van der Waals surface area contributed by atoms with E-state index in [4.69, 9.17) is 0 Å². The number of hydrogen-bond donors (Lipinski definition) is 0. The minimum atomic E-state index is 0.413. The molecule has 2 aliphatic rings. The number of hydrogen-bond acceptors (Lipinski definition) is 1. The van der Waals surface area contributed by atoms with Crippen LogP contribution in [-0.4, -0.2) is 28.7 Å². The van der Waals surface area contributed by atoms with Gasteiger partial charge in [-0.3, -0.25) is 4.79 Å². The number of carbonyl (C=O) groups is 1. The van der Waals surface area contributed by atoms with Crippen LogP contribution in [0, 0.1) is 5.92 Å². The average molecular weight is 288 g/mol. The van der Waals surface area contributed by atoms with Crippen LogP contribution in [0.1, 0.15) is 51.4 Å². The number of alkyl halides is 1. The normalized spacial score (nSPS) is 27.3. The minimum absolute atomic E-state index is 0.413. The molecule has 1 saturated carbocycles. The lowest BCUT2D eigenvalue weighted by Gasteiger charge is -2.35. The molecule has 1 atom stereocenters. The summed E-state index contributed by atoms with van der Waals surface area (Å²) in [5.41, 5.74) is 0. The molecule has 0 spiro atoms. The van der Waals surface area contributed by atoms with Gasteiger partial charge in [-0.15, -0.1) is 0 Å². The Morgan fingerprint density at radius 3 is 2.50 bits per heavy atom. The molecule has 3 heteroatoms. The molecule has 0 bridgehead atoms. The Morgan fingerprint density at radius 2 is 1.81 bits per heavy atom. The third kappa shape index (κ3) is 2.99. The Bertz CT molecular complexity index is 238. The van der Waals surface area contributed by atoms with Crippen LogP contribution in [0.4, 0.5) is 0 Å². The van der Waals surface area contributed by atoms with Gasteiger partial charge >= 0.3 is 0 Å². The number of halogens is 1. The van der Waals surface area contributed by atoms with Gasteiger partial charge in [0.1, 0.15) is 0 Å². The summed E-state index contributed by atoms with van der Waals surface area (Å²) >= 11 is 3.54. The van der Waals surface area contributed by atoms with Crippen LogP contribution in [0.15, 0.2) is 0 Å². The summed E-state index contributed by atoms with van der Waals surface area (Å²) in [6.45, 7) is 0.988. The van der Waals surface area contributed by atoms with Crippen molar-refractivity contribution in [1.29, 1.82) is 0 Å². The molecule has 16 heavy (non-hydrogen) atoms. The van der Waals surface area contributed by atoms with Crippen molar-refractivity contribution in [3.05, 3.63) is 0 Å². The third-order valence-corrected chi connectivity index (χ3v) is 4.81. The number of likely N-dealkylation sites (tertiary alicyclic amines) is 1. The first kappa shape index (κ1) is 12.4. The molecule has 0 radical (unpaired) electrons. The molecule has 2 fully saturated rings. The number of nitrogens with zero attached hydrogens (tertiary/aromatic N) is 1. The van der Waals surface area contributed by atoms with Crippen LogP contribution in [0.5, 0.6) is 0 Å². The van der Waals surface area contributed by atoms with Gasteiger partial charge in [0.25, 0.3) is 0 Å². The van der Waals surface area contributed by atoms with Gasteiger partial charge in [0.2, 0.25) is 5.91 Å². The molecule has 92 valence electrons. The van der Waals surface area contributed by atoms with E-state index in [9.17, 15) is 4.79 Å². The van der Waals surface area contributed by atoms with Crippen molar-refractivity contribution in [3.8, 4) is 0 Å². The quantitative estimate of drug-likeness (QED) is 0.729. The molecule has 0 N–H and O–H groups in total. The van der Waals surface area contributed by atoms with Gasteiger partial charge in [-0.05, 0) is 38.0 Å². The topological polar surface area (TPSA) is 20.3 Å². The van der Waals surface area contributed by atoms with Gasteiger partial charge in [-0.25, -0.2) is 0 Å². The maximum absolute atomic E-state index is 12.2. The fraction of sp³-hybridized carbons (Fsp3) is 0.923. The molecular formula is C13H22BrNO. The largest absolute Gasteiger partial charge is 0.339 e. The van der Waals surface area contributed by atoms with Gasteiger partial charge in [0.05, 0.1) is 0 Å². The van der Waals surface area contributed by atoms with Crippen molar-refractivity contribution in [2.75, 3.05) is 11.9 Å². The van der Waals surface area contributed by atoms with Crippen molar-refractivity contribution in [2.24, 2.45) is 5.92 Å². The van der Waals surface area contributed by atoms with Gasteiger partial charge in [0.15, 0.2) is 0 Å². The third-order valence-electron chi connectivity index (χ3n) is 4.06. The van der Waals surface area contributed by atoms with Crippen LogP contribution in [0.3, 0.4) is 0 Å². The first-order valence-corrected chi connectivity index (χ1v) is 7.79. The van der Waals surface area contributed by atoms with Crippen LogP contribution in [0.2, 0.25) is 0 Å². The second-order valence-corrected chi connectivity index (χ2v) is 5.89. The van der Waals surface area contributed by atoms with E-state index in [1.54, 1.807) is 0 Å². The van der Waals surface area contributed by atoms with E-state index in [1.807, 2.05) is 0 Å². The monoisotopic (exact) mass is 287 g/mol. The van der Waals surface area contributed by atoms with Gasteiger partial charge in [-0.2, -0.15) is 0 Å². The predicted octanol–water partition coefficient (Wildman–Crippen LogP) is 3.34. The van der Waals surface area contributed by atoms with Crippen molar-refractivity contribution >= 4 is 21.8 Å². The zero-order chi connectivity index (χ0) is 11.4. The summed E-state index contributed by atoms with van der Waals surface area (Å²) in [5.74, 6) is 1.10. The van der Waals surface area contributed by atoms with Crippen molar-refractivity contribution in [1.82, 2.24) is 4.90 Å². The standard InChI is InChI=1S/C13H22BrNO/c14-10-12-7-3-4-8-15(12)13(16)9-11-5-1-2-6-11/h11-12H,1-10H2. The fourth-order valence-corrected chi connectivity index (χ4v) is 3.74. The molecule has 2 nitrogen and oxygen atoms in total. The average Bonchev–Trinajstić information content (AvgIpc) is 2.81. The maximum atomic E-state index is 12.2. The fourth-order valence-electron chi connectivity index (χ4n) is 3.07. The summed E-state index contributed by atoms with van der Waals surface area (Å²) < 4.78 is 0. The summed E-state index contributed by atoms with van der Waals surface area (Å²) in [4.78, 5) is 14.4. The van der Waals surface area contributed by atoms with Crippen molar-refractivity contribution in [3.63, 3.8) is 0 Å². The zero-order valence-corrected chi connectivity index (χ0v) is 11.5. The van der Waals surface area contributed by atoms with Crippen LogP contribution in [0.25, 0.3) is 0 Å². The maximum Gasteiger partial charge on any atom is 0.223 e. The molecule has 1 unspecified atom stereocenters. The lowest BCUT2D eigenvalue weighted by molar-refractivity contribution is -0.135. The smallest absolute Gasteiger partial charge is 0.223 e. The van der Waals surface area contributed by atoms with Crippen LogP contribution in [-0.2, 0) is 4.79 Å². The SMILES string of the molecule is O=C(CC1CCCC1)N1CCCCC1CBr. The molecule has 1 heterocycles. The highest BCUT2D eigenvalue weighted by Gasteiger charge is 2.28. The molecule has 1 aliphatic carbocycles. The molecular weight excluding hydrogens is 266 g/mol. The molecule has 2 rings (SSSR count). The van der Waals surface area contributed by atoms with E-state index < -0.39 is 0 Å². The molecule has 1 amide bonds. The highest BCUT2D eigenvalue weighted by molar-refractivity contribution is 9.09. The van der Waals surface area contributed by atoms with Crippen LogP contribution >= 0.6 is 15.9 Å². The summed E-state index contributed by atoms with van der Waals surface area (Å²) in [6.07, 6.45) is 9.69. The highest BCUT2D eigenvalue weighted by atomic mass is 79.9.